The highest BCUT2D eigenvalue weighted by Gasteiger charge is 2.33. The molecule has 1 saturated heterocycles. The lowest BCUT2D eigenvalue weighted by molar-refractivity contribution is -0.00869. The number of carbonyl (C=O) groups excluding carboxylic acids is 1. The molecule has 0 radical (unpaired) electrons. The lowest BCUT2D eigenvalue weighted by atomic mass is 9.86. The Labute approximate surface area is 225 Å². The molecule has 0 aliphatic carbocycles. The smallest absolute Gasteiger partial charge is 0.421 e. The van der Waals surface area contributed by atoms with E-state index < -0.39 is 11.7 Å². The number of benzene rings is 3. The van der Waals surface area contributed by atoms with E-state index in [1.165, 1.54) is 52.8 Å². The van der Waals surface area contributed by atoms with Gasteiger partial charge in [0.1, 0.15) is 23.1 Å². The first-order chi connectivity index (χ1) is 18.1. The highest BCUT2D eigenvalue weighted by molar-refractivity contribution is 7.95. The molecule has 0 aromatic heterocycles. The van der Waals surface area contributed by atoms with Crippen LogP contribution in [0, 0.1) is 17.5 Å². The van der Waals surface area contributed by atoms with Crippen LogP contribution in [0.25, 0.3) is 0 Å². The van der Waals surface area contributed by atoms with Crippen molar-refractivity contribution in [3.8, 4) is 0 Å². The maximum atomic E-state index is 13.7. The first-order valence-corrected chi connectivity index (χ1v) is 13.1. The van der Waals surface area contributed by atoms with Crippen LogP contribution in [0.3, 0.4) is 0 Å². The molecule has 1 heterocycles. The van der Waals surface area contributed by atoms with Gasteiger partial charge in [-0.15, -0.1) is 0 Å². The number of amides is 1. The van der Waals surface area contributed by atoms with Crippen molar-refractivity contribution in [2.45, 2.75) is 44.9 Å². The van der Waals surface area contributed by atoms with Crippen LogP contribution in [0.4, 0.5) is 18.0 Å². The minimum absolute atomic E-state index is 0.210. The zero-order valence-electron chi connectivity index (χ0n) is 21.6. The van der Waals surface area contributed by atoms with E-state index in [2.05, 4.69) is 0 Å². The van der Waals surface area contributed by atoms with Crippen molar-refractivity contribution >= 4 is 18.2 Å². The van der Waals surface area contributed by atoms with E-state index >= 15 is 0 Å². The summed E-state index contributed by atoms with van der Waals surface area (Å²) in [5, 5.41) is 0. The summed E-state index contributed by atoms with van der Waals surface area (Å²) in [5.74, 6) is -1.33. The topological polar surface area (TPSA) is 42.0 Å². The number of morpholine rings is 1. The van der Waals surface area contributed by atoms with Crippen molar-refractivity contribution in [3.63, 3.8) is 0 Å². The monoisotopic (exact) mass is 544 g/mol. The molecule has 1 atom stereocenters. The van der Waals surface area contributed by atoms with Crippen molar-refractivity contribution in [1.82, 2.24) is 8.61 Å². The third-order valence-corrected chi connectivity index (χ3v) is 6.97. The van der Waals surface area contributed by atoms with Crippen LogP contribution in [0.5, 0.6) is 0 Å². The summed E-state index contributed by atoms with van der Waals surface area (Å²) < 4.78 is 56.1. The average molecular weight is 545 g/mol. The van der Waals surface area contributed by atoms with Crippen molar-refractivity contribution in [2.24, 2.45) is 0 Å². The van der Waals surface area contributed by atoms with Crippen LogP contribution in [-0.4, -0.2) is 46.1 Å². The third-order valence-electron chi connectivity index (χ3n) is 5.94. The highest BCUT2D eigenvalue weighted by Crippen LogP contribution is 2.34. The lowest BCUT2D eigenvalue weighted by Crippen LogP contribution is -2.44. The van der Waals surface area contributed by atoms with Crippen LogP contribution in [0.1, 0.15) is 43.4 Å². The normalized spacial score (nSPS) is 16.4. The number of halogens is 3. The van der Waals surface area contributed by atoms with Crippen LogP contribution in [-0.2, 0) is 16.0 Å². The largest absolute Gasteiger partial charge is 0.443 e. The summed E-state index contributed by atoms with van der Waals surface area (Å²) in [7, 11) is 0. The minimum Gasteiger partial charge on any atom is -0.443 e. The molecule has 1 fully saturated rings. The summed E-state index contributed by atoms with van der Waals surface area (Å²) in [4.78, 5) is 13.1. The molecule has 0 N–H and O–H groups in total. The standard InChI is InChI=1S/C29H31F3N2O3S/c1-29(2,3)37-28(35)34(18-20-4-10-23(30)11-5-20)38-33-16-17-36-26(19-33)27(21-6-12-24(31)13-7-21)22-8-14-25(32)15-9-22/h4-15,26-27H,16-19H2,1-3H3. The average Bonchev–Trinajstić information content (AvgIpc) is 2.87. The Morgan fingerprint density at radius 2 is 1.45 bits per heavy atom. The first-order valence-electron chi connectivity index (χ1n) is 12.4. The molecule has 1 unspecified atom stereocenters. The van der Waals surface area contributed by atoms with Crippen LogP contribution >= 0.6 is 12.1 Å². The van der Waals surface area contributed by atoms with Gasteiger partial charge in [0.2, 0.25) is 0 Å². The molecule has 0 bridgehead atoms. The van der Waals surface area contributed by atoms with Crippen LogP contribution in [0.2, 0.25) is 0 Å². The van der Waals surface area contributed by atoms with Gasteiger partial charge in [-0.3, -0.25) is 0 Å². The van der Waals surface area contributed by atoms with E-state index in [4.69, 9.17) is 9.47 Å². The van der Waals surface area contributed by atoms with Gasteiger partial charge in [0, 0.05) is 31.1 Å². The Balaban J connectivity index is 1.56. The number of ether oxygens (including phenoxy) is 2. The Hall–Kier alpha value is -3.01. The quantitative estimate of drug-likeness (QED) is 0.302. The van der Waals surface area contributed by atoms with Crippen molar-refractivity contribution in [1.29, 1.82) is 0 Å². The highest BCUT2D eigenvalue weighted by atomic mass is 32.2. The van der Waals surface area contributed by atoms with Gasteiger partial charge in [0.25, 0.3) is 0 Å². The van der Waals surface area contributed by atoms with Gasteiger partial charge in [-0.1, -0.05) is 36.4 Å². The van der Waals surface area contributed by atoms with E-state index in [-0.39, 0.29) is 36.0 Å². The SMILES string of the molecule is CC(C)(C)OC(=O)N(Cc1ccc(F)cc1)SN1CCOC(C(c2ccc(F)cc2)c2ccc(F)cc2)C1. The van der Waals surface area contributed by atoms with Gasteiger partial charge in [0.15, 0.2) is 0 Å². The fraction of sp³-hybridized carbons (Fsp3) is 0.345. The van der Waals surface area contributed by atoms with E-state index in [1.54, 1.807) is 57.2 Å². The Bertz CT molecular complexity index is 1160. The van der Waals surface area contributed by atoms with Crippen molar-refractivity contribution in [2.75, 3.05) is 19.7 Å². The predicted octanol–water partition coefficient (Wildman–Crippen LogP) is 6.94. The number of hydrogen-bond donors (Lipinski definition) is 0. The molecule has 38 heavy (non-hydrogen) atoms. The molecule has 9 heteroatoms. The molecule has 3 aromatic carbocycles. The van der Waals surface area contributed by atoms with Gasteiger partial charge in [-0.2, -0.15) is 0 Å². The lowest BCUT2D eigenvalue weighted by Gasteiger charge is -2.38. The molecule has 1 aliphatic rings. The molecule has 1 amide bonds. The summed E-state index contributed by atoms with van der Waals surface area (Å²) in [6, 6.07) is 18.4. The zero-order valence-corrected chi connectivity index (χ0v) is 22.4. The Morgan fingerprint density at radius 1 is 0.947 bits per heavy atom. The summed E-state index contributed by atoms with van der Waals surface area (Å²) in [5.41, 5.74) is 1.74. The molecule has 5 nitrogen and oxygen atoms in total. The fourth-order valence-corrected chi connectivity index (χ4v) is 5.18. The molecule has 4 rings (SSSR count). The molecular formula is C29H31F3N2O3S. The van der Waals surface area contributed by atoms with Gasteiger partial charge < -0.3 is 9.47 Å². The number of nitrogens with zero attached hydrogens (tertiary/aromatic N) is 2. The van der Waals surface area contributed by atoms with Crippen LogP contribution in [0.15, 0.2) is 72.8 Å². The maximum Gasteiger partial charge on any atom is 0.421 e. The zero-order chi connectivity index (χ0) is 27.3. The maximum absolute atomic E-state index is 13.7. The second-order valence-electron chi connectivity index (χ2n) is 10.1. The molecular weight excluding hydrogens is 513 g/mol. The molecule has 0 spiro atoms. The third kappa shape index (κ3) is 7.75. The summed E-state index contributed by atoms with van der Waals surface area (Å²) >= 11 is 1.23. The van der Waals surface area contributed by atoms with Gasteiger partial charge in [-0.05, 0) is 73.9 Å². The predicted molar refractivity (Wildman–Crippen MR) is 142 cm³/mol. The first kappa shape index (κ1) is 28.0. The number of rotatable bonds is 7. The van der Waals surface area contributed by atoms with Crippen LogP contribution < -0.4 is 0 Å². The molecule has 3 aromatic rings. The molecule has 1 aliphatic heterocycles. The summed E-state index contributed by atoms with van der Waals surface area (Å²) in [6.07, 6.45) is -0.859. The van der Waals surface area contributed by atoms with E-state index in [9.17, 15) is 18.0 Å². The van der Waals surface area contributed by atoms with E-state index in [0.717, 1.165) is 16.7 Å². The number of carbonyl (C=O) groups is 1. The molecule has 0 saturated carbocycles. The second kappa shape index (κ2) is 12.2. The molecule has 202 valence electrons. The van der Waals surface area contributed by atoms with Gasteiger partial charge in [-0.25, -0.2) is 26.6 Å². The van der Waals surface area contributed by atoms with E-state index in [1.807, 2.05) is 4.31 Å². The fourth-order valence-electron chi connectivity index (χ4n) is 4.22. The van der Waals surface area contributed by atoms with Gasteiger partial charge in [0.05, 0.1) is 19.3 Å². The Morgan fingerprint density at radius 3 is 1.95 bits per heavy atom. The van der Waals surface area contributed by atoms with E-state index in [0.29, 0.717) is 19.7 Å². The second-order valence-corrected chi connectivity index (χ2v) is 11.2. The minimum atomic E-state index is -0.692. The van der Waals surface area contributed by atoms with Crippen molar-refractivity contribution in [3.05, 3.63) is 107 Å². The van der Waals surface area contributed by atoms with Gasteiger partial charge >= 0.3 is 6.09 Å². The number of hydrogen-bond acceptors (Lipinski definition) is 5. The Kier molecular flexibility index (Phi) is 9.02. The van der Waals surface area contributed by atoms with Crippen molar-refractivity contribution < 1.29 is 27.4 Å². The summed E-state index contributed by atoms with van der Waals surface area (Å²) in [6.45, 7) is 6.98.